The number of carbonyl (C=O) groups excluding carboxylic acids is 2. The van der Waals surface area contributed by atoms with Gasteiger partial charge in [0.1, 0.15) is 0 Å². The molecular formula is C30H29NO6Se. The van der Waals surface area contributed by atoms with E-state index in [1.165, 1.54) is 0 Å². The van der Waals surface area contributed by atoms with Crippen molar-refractivity contribution in [3.05, 3.63) is 100 Å². The predicted molar refractivity (Wildman–Crippen MR) is 145 cm³/mol. The average molecular weight is 579 g/mol. The third-order valence-electron chi connectivity index (χ3n) is 7.42. The van der Waals surface area contributed by atoms with Gasteiger partial charge >= 0.3 is 187 Å². The first-order valence-corrected chi connectivity index (χ1v) is 14.3. The van der Waals surface area contributed by atoms with Crippen molar-refractivity contribution in [2.45, 2.75) is 33.2 Å². The molecule has 5 atom stereocenters. The fraction of sp³-hybridized carbons (Fsp3) is 0.300. The molecule has 2 heterocycles. The van der Waals surface area contributed by atoms with Crippen molar-refractivity contribution in [1.29, 1.82) is 0 Å². The molecule has 196 valence electrons. The van der Waals surface area contributed by atoms with Crippen LogP contribution in [0.5, 0.6) is 0 Å². The number of hydrogen-bond acceptors (Lipinski definition) is 6. The summed E-state index contributed by atoms with van der Waals surface area (Å²) in [5.41, 5.74) is 1.57. The number of aromatic nitrogens is 1. The van der Waals surface area contributed by atoms with Gasteiger partial charge in [-0.05, 0) is 12.1 Å². The molecule has 8 heteroatoms. The number of hydrogen-bond donors (Lipinski definition) is 0. The monoisotopic (exact) mass is 579 g/mol. The zero-order valence-corrected chi connectivity index (χ0v) is 23.1. The van der Waals surface area contributed by atoms with E-state index in [4.69, 9.17) is 14.2 Å². The summed E-state index contributed by atoms with van der Waals surface area (Å²) in [5.74, 6) is -0.682. The molecule has 3 aromatic carbocycles. The fourth-order valence-electron chi connectivity index (χ4n) is 4.68. The quantitative estimate of drug-likeness (QED) is 0.244. The van der Waals surface area contributed by atoms with E-state index in [0.717, 1.165) is 15.3 Å². The molecule has 4 aromatic rings. The second kappa shape index (κ2) is 11.1. The Labute approximate surface area is 226 Å². The molecule has 1 fully saturated rings. The number of fused-ring (bicyclic) bond motifs is 1. The Kier molecular flexibility index (Phi) is 7.65. The van der Waals surface area contributed by atoms with Crippen molar-refractivity contribution in [3.8, 4) is 5.69 Å². The maximum atomic E-state index is 13.0. The van der Waals surface area contributed by atoms with Gasteiger partial charge in [0.2, 0.25) is 0 Å². The minimum atomic E-state index is -0.771. The van der Waals surface area contributed by atoms with Crippen LogP contribution in [0.15, 0.2) is 83.7 Å². The van der Waals surface area contributed by atoms with E-state index in [9.17, 15) is 14.4 Å². The molecule has 0 amide bonds. The first kappa shape index (κ1) is 26.2. The molecular weight excluding hydrogens is 549 g/mol. The molecule has 0 N–H and O–H groups in total. The summed E-state index contributed by atoms with van der Waals surface area (Å²) < 4.78 is 20.3. The number of esters is 2. The van der Waals surface area contributed by atoms with Crippen LogP contribution >= 0.6 is 0 Å². The fourth-order valence-corrected chi connectivity index (χ4v) is 6.77. The molecule has 0 bridgehead atoms. The van der Waals surface area contributed by atoms with Gasteiger partial charge in [0.15, 0.2) is 0 Å². The van der Waals surface area contributed by atoms with Crippen molar-refractivity contribution in [1.82, 2.24) is 3.56 Å². The molecule has 0 radical (unpaired) electrons. The van der Waals surface area contributed by atoms with Gasteiger partial charge < -0.3 is 0 Å². The summed E-state index contributed by atoms with van der Waals surface area (Å²) in [5, 5.41) is 0.728. The predicted octanol–water partition coefficient (Wildman–Crippen LogP) is 4.69. The molecule has 7 nitrogen and oxygen atoms in total. The summed E-state index contributed by atoms with van der Waals surface area (Å²) in [7, 11) is 0. The molecule has 1 aromatic heterocycles. The Bertz CT molecular complexity index is 1490. The Morgan fingerprint density at radius 2 is 1.47 bits per heavy atom. The summed E-state index contributed by atoms with van der Waals surface area (Å²) >= 11 is -0.146. The van der Waals surface area contributed by atoms with Crippen LogP contribution in [0.2, 0.25) is 0 Å². The molecule has 0 saturated carbocycles. The molecule has 5 rings (SSSR count). The Morgan fingerprint density at radius 1 is 0.816 bits per heavy atom. The second-order valence-electron chi connectivity index (χ2n) is 9.72. The van der Waals surface area contributed by atoms with Gasteiger partial charge in [-0.2, -0.15) is 0 Å². The van der Waals surface area contributed by atoms with Gasteiger partial charge in [0.25, 0.3) is 0 Å². The summed E-state index contributed by atoms with van der Waals surface area (Å²) in [4.78, 5) is 38.2. The Hall–Kier alpha value is -3.45. The third-order valence-corrected chi connectivity index (χ3v) is 9.76. The molecule has 38 heavy (non-hydrogen) atoms. The topological polar surface area (TPSA) is 83.8 Å². The zero-order chi connectivity index (χ0) is 26.8. The van der Waals surface area contributed by atoms with Crippen LogP contribution in [0, 0.1) is 17.8 Å². The third kappa shape index (κ3) is 5.25. The van der Waals surface area contributed by atoms with E-state index in [1.807, 2.05) is 37.3 Å². The van der Waals surface area contributed by atoms with Crippen LogP contribution in [-0.4, -0.2) is 49.2 Å². The van der Waals surface area contributed by atoms with E-state index >= 15 is 0 Å². The average Bonchev–Trinajstić information content (AvgIpc) is 3.29. The Balaban J connectivity index is 1.25. The number of ether oxygens (including phenoxy) is 3. The van der Waals surface area contributed by atoms with Crippen LogP contribution < -0.4 is 5.56 Å². The molecule has 0 aliphatic carbocycles. The van der Waals surface area contributed by atoms with Crippen LogP contribution in [0.3, 0.4) is 0 Å². The van der Waals surface area contributed by atoms with Crippen LogP contribution in [-0.2, 0) is 14.2 Å². The van der Waals surface area contributed by atoms with Gasteiger partial charge in [0, 0.05) is 0 Å². The molecule has 1 aliphatic rings. The number of nitrogens with zero attached hydrogens (tertiary/aromatic N) is 1. The van der Waals surface area contributed by atoms with Crippen LogP contribution in [0.4, 0.5) is 0 Å². The van der Waals surface area contributed by atoms with Gasteiger partial charge in [-0.15, -0.1) is 0 Å². The van der Waals surface area contributed by atoms with Gasteiger partial charge in [-0.3, -0.25) is 0 Å². The van der Waals surface area contributed by atoms with Crippen molar-refractivity contribution in [3.63, 3.8) is 0 Å². The number of benzene rings is 3. The first-order valence-electron chi connectivity index (χ1n) is 12.6. The van der Waals surface area contributed by atoms with Crippen molar-refractivity contribution < 1.29 is 23.8 Å². The van der Waals surface area contributed by atoms with E-state index in [2.05, 4.69) is 13.8 Å². The first-order chi connectivity index (χ1) is 18.3. The zero-order valence-electron chi connectivity index (χ0n) is 21.4. The van der Waals surface area contributed by atoms with Crippen molar-refractivity contribution >= 4 is 36.3 Å². The number of rotatable bonds is 6. The molecule has 1 aliphatic heterocycles. The molecule has 2 unspecified atom stereocenters. The summed E-state index contributed by atoms with van der Waals surface area (Å²) in [6, 6.07) is 23.3. The second-order valence-corrected chi connectivity index (χ2v) is 11.8. The summed E-state index contributed by atoms with van der Waals surface area (Å²) in [6.45, 7) is 6.21. The van der Waals surface area contributed by atoms with E-state index in [0.29, 0.717) is 11.1 Å². The van der Waals surface area contributed by atoms with E-state index in [-0.39, 0.29) is 44.7 Å². The van der Waals surface area contributed by atoms with Crippen molar-refractivity contribution in [2.24, 2.45) is 17.8 Å². The SMILES string of the molecule is CC1[C@H](OC(=O)c2ccc(-n3[se]c4ccccc4c3=O)cc2)OC(COC(=O)c2ccccc2)[C@@H](C)[C@@H]1C. The van der Waals surface area contributed by atoms with Gasteiger partial charge in [-0.1, -0.05) is 18.2 Å². The molecule has 0 spiro atoms. The standard InChI is InChI=1S/C30H29NO6Se/c1-18-19(2)25(17-35-28(33)21-9-5-4-6-10-21)36-30(20(18)3)37-29(34)22-13-15-23(16-14-22)31-27(32)24-11-7-8-12-26(24)38-31/h4-16,18-20,25,30H,17H2,1-3H3/t18-,19-,20?,25?,30-/m0/s1. The van der Waals surface area contributed by atoms with E-state index < -0.39 is 24.3 Å². The van der Waals surface area contributed by atoms with Crippen molar-refractivity contribution in [2.75, 3.05) is 6.61 Å². The van der Waals surface area contributed by atoms with Gasteiger partial charge in [0.05, 0.1) is 5.56 Å². The maximum absolute atomic E-state index is 13.0. The molecule has 1 saturated heterocycles. The normalized spacial score (nSPS) is 23.2. The van der Waals surface area contributed by atoms with Crippen LogP contribution in [0.1, 0.15) is 41.5 Å². The van der Waals surface area contributed by atoms with Gasteiger partial charge in [-0.25, -0.2) is 4.79 Å². The number of carbonyl (C=O) groups is 2. The Morgan fingerprint density at radius 3 is 2.18 bits per heavy atom. The van der Waals surface area contributed by atoms with Crippen LogP contribution in [0.25, 0.3) is 15.3 Å². The minimum absolute atomic E-state index is 0.0255. The summed E-state index contributed by atoms with van der Waals surface area (Å²) in [6.07, 6.45) is -1.18. The van der Waals surface area contributed by atoms with E-state index in [1.54, 1.807) is 52.1 Å².